The van der Waals surface area contributed by atoms with E-state index in [4.69, 9.17) is 0 Å². The number of hydrogen-bond donors (Lipinski definition) is 1. The number of halogens is 2. The van der Waals surface area contributed by atoms with Gasteiger partial charge in [0.15, 0.2) is 21.5 Å². The number of anilines is 2. The van der Waals surface area contributed by atoms with Crippen molar-refractivity contribution in [2.75, 3.05) is 11.1 Å². The molecule has 0 radical (unpaired) electrons. The Morgan fingerprint density at radius 3 is 2.66 bits per heavy atom. The van der Waals surface area contributed by atoms with Crippen molar-refractivity contribution in [2.24, 2.45) is 0 Å². The van der Waals surface area contributed by atoms with Gasteiger partial charge < -0.3 is 5.32 Å². The van der Waals surface area contributed by atoms with Crippen molar-refractivity contribution >= 4 is 32.4 Å². The molecule has 0 fully saturated rings. The van der Waals surface area contributed by atoms with Crippen molar-refractivity contribution in [1.82, 2.24) is 24.5 Å². The zero-order valence-corrected chi connectivity index (χ0v) is 18.2. The van der Waals surface area contributed by atoms with Crippen LogP contribution >= 0.6 is 0 Å². The molecule has 4 aromatic rings. The molecule has 0 saturated heterocycles. The molecule has 4 rings (SSSR count). The molecule has 0 spiro atoms. The average molecular weight is 458 g/mol. The van der Waals surface area contributed by atoms with Crippen LogP contribution in [-0.4, -0.2) is 38.7 Å². The van der Waals surface area contributed by atoms with Crippen molar-refractivity contribution in [3.63, 3.8) is 0 Å². The van der Waals surface area contributed by atoms with Crippen molar-refractivity contribution in [2.45, 2.75) is 26.0 Å². The van der Waals surface area contributed by atoms with E-state index >= 15 is 4.39 Å². The lowest BCUT2D eigenvalue weighted by Gasteiger charge is -2.13. The quantitative estimate of drug-likeness (QED) is 0.448. The van der Waals surface area contributed by atoms with Crippen LogP contribution in [0.3, 0.4) is 0 Å². The van der Waals surface area contributed by atoms with Gasteiger partial charge in [-0.3, -0.25) is 4.57 Å². The van der Waals surface area contributed by atoms with Crippen LogP contribution in [0.5, 0.6) is 0 Å². The Labute approximate surface area is 183 Å². The fraction of sp³-hybridized carbons (Fsp3) is 0.238. The molecule has 11 heteroatoms. The van der Waals surface area contributed by atoms with Gasteiger partial charge in [0.05, 0.1) is 17.7 Å². The van der Waals surface area contributed by atoms with Crippen LogP contribution in [0.4, 0.5) is 20.3 Å². The highest BCUT2D eigenvalue weighted by atomic mass is 32.2. The van der Waals surface area contributed by atoms with Gasteiger partial charge in [-0.25, -0.2) is 37.1 Å². The summed E-state index contributed by atoms with van der Waals surface area (Å²) in [6.45, 7) is 3.61. The highest BCUT2D eigenvalue weighted by molar-refractivity contribution is 7.90. The van der Waals surface area contributed by atoms with E-state index in [0.717, 1.165) is 17.8 Å². The number of aryl methyl sites for hydroxylation is 1. The molecule has 3 heterocycles. The predicted molar refractivity (Wildman–Crippen MR) is 117 cm³/mol. The van der Waals surface area contributed by atoms with Gasteiger partial charge in [-0.1, -0.05) is 13.0 Å². The molecular weight excluding hydrogens is 438 g/mol. The predicted octanol–water partition coefficient (Wildman–Crippen LogP) is 3.87. The molecule has 0 amide bonds. The molecule has 3 aromatic heterocycles. The minimum atomic E-state index is -3.52. The lowest BCUT2D eigenvalue weighted by molar-refractivity contribution is 0.574. The monoisotopic (exact) mass is 458 g/mol. The van der Waals surface area contributed by atoms with Crippen molar-refractivity contribution in [3.8, 4) is 5.95 Å². The summed E-state index contributed by atoms with van der Waals surface area (Å²) in [5.41, 5.74) is 0.895. The molecular formula is C21H20F2N6O2S. The summed E-state index contributed by atoms with van der Waals surface area (Å²) in [6, 6.07) is 5.88. The van der Waals surface area contributed by atoms with Crippen LogP contribution in [-0.2, 0) is 15.6 Å². The first kappa shape index (κ1) is 21.8. The summed E-state index contributed by atoms with van der Waals surface area (Å²) in [4.78, 5) is 16.9. The number of aromatic nitrogens is 5. The second-order valence-electron chi connectivity index (χ2n) is 7.26. The third-order valence-corrected chi connectivity index (χ3v) is 6.62. The summed E-state index contributed by atoms with van der Waals surface area (Å²) >= 11 is 0. The Balaban J connectivity index is 1.76. The van der Waals surface area contributed by atoms with Crippen LogP contribution in [0.25, 0.3) is 17.0 Å². The maximum atomic E-state index is 15.1. The molecule has 8 nitrogen and oxygen atoms in total. The van der Waals surface area contributed by atoms with Gasteiger partial charge in [0, 0.05) is 17.5 Å². The third kappa shape index (κ3) is 4.28. The van der Waals surface area contributed by atoms with Gasteiger partial charge in [-0.05, 0) is 31.5 Å². The van der Waals surface area contributed by atoms with E-state index in [0.29, 0.717) is 17.9 Å². The van der Waals surface area contributed by atoms with Crippen LogP contribution in [0.1, 0.15) is 24.6 Å². The van der Waals surface area contributed by atoms with E-state index in [9.17, 15) is 12.8 Å². The molecule has 1 N–H and O–H groups in total. The van der Waals surface area contributed by atoms with Crippen molar-refractivity contribution in [3.05, 3.63) is 65.9 Å². The molecule has 32 heavy (non-hydrogen) atoms. The second kappa shape index (κ2) is 8.58. The number of fused-ring (bicyclic) bond motifs is 1. The number of rotatable bonds is 7. The maximum Gasteiger partial charge on any atom is 0.234 e. The highest BCUT2D eigenvalue weighted by Gasteiger charge is 2.20. The number of nitrogens with one attached hydrogen (secondary N) is 1. The fourth-order valence-corrected chi connectivity index (χ4v) is 4.77. The third-order valence-electron chi connectivity index (χ3n) is 4.84. The van der Waals surface area contributed by atoms with Gasteiger partial charge in [0.2, 0.25) is 5.95 Å². The van der Waals surface area contributed by atoms with E-state index in [1.807, 2.05) is 19.1 Å². The van der Waals surface area contributed by atoms with Crippen molar-refractivity contribution in [1.29, 1.82) is 0 Å². The summed E-state index contributed by atoms with van der Waals surface area (Å²) < 4.78 is 55.6. The van der Waals surface area contributed by atoms with Crippen LogP contribution < -0.4 is 5.32 Å². The van der Waals surface area contributed by atoms with E-state index in [-0.39, 0.29) is 22.7 Å². The summed E-state index contributed by atoms with van der Waals surface area (Å²) in [6.07, 6.45) is 4.91. The van der Waals surface area contributed by atoms with Gasteiger partial charge in [0.25, 0.3) is 0 Å². The van der Waals surface area contributed by atoms with Gasteiger partial charge >= 0.3 is 0 Å². The standard InChI is InChI=1S/C21H20F2N6O2S/c1-3-9-32(30,31)11-14-6-7-15(22)18(17(14)23)27-20-19-16(25-12-26-20)10-24-21(28-19)29-8-4-5-13(29)2/h4-8,10,12H,3,9,11H2,1-2H3,(H,25,26,27). The molecule has 0 atom stereocenters. The molecule has 0 bridgehead atoms. The Morgan fingerprint density at radius 2 is 1.94 bits per heavy atom. The molecule has 0 aliphatic heterocycles. The summed E-state index contributed by atoms with van der Waals surface area (Å²) in [7, 11) is -3.52. The Kier molecular flexibility index (Phi) is 5.83. The fourth-order valence-electron chi connectivity index (χ4n) is 3.30. The average Bonchev–Trinajstić information content (AvgIpc) is 3.18. The van der Waals surface area contributed by atoms with E-state index in [2.05, 4.69) is 25.3 Å². The summed E-state index contributed by atoms with van der Waals surface area (Å²) in [5.74, 6) is -2.08. The number of nitrogens with zero attached hydrogens (tertiary/aromatic N) is 5. The normalized spacial score (nSPS) is 11.8. The first-order valence-corrected chi connectivity index (χ1v) is 11.7. The first-order valence-electron chi connectivity index (χ1n) is 9.85. The first-order chi connectivity index (χ1) is 15.3. The minimum Gasteiger partial charge on any atom is -0.333 e. The summed E-state index contributed by atoms with van der Waals surface area (Å²) in [5, 5.41) is 2.63. The topological polar surface area (TPSA) is 103 Å². The van der Waals surface area contributed by atoms with Crippen LogP contribution in [0.2, 0.25) is 0 Å². The second-order valence-corrected chi connectivity index (χ2v) is 9.44. The minimum absolute atomic E-state index is 0.0647. The molecule has 166 valence electrons. The maximum absolute atomic E-state index is 15.1. The largest absolute Gasteiger partial charge is 0.333 e. The van der Waals surface area contributed by atoms with Crippen LogP contribution in [0.15, 0.2) is 43.0 Å². The molecule has 1 aromatic carbocycles. The molecule has 0 aliphatic rings. The molecule has 0 unspecified atom stereocenters. The molecule has 0 saturated carbocycles. The van der Waals surface area contributed by atoms with Gasteiger partial charge in [-0.2, -0.15) is 0 Å². The number of benzene rings is 1. The lowest BCUT2D eigenvalue weighted by atomic mass is 10.2. The zero-order valence-electron chi connectivity index (χ0n) is 17.4. The lowest BCUT2D eigenvalue weighted by Crippen LogP contribution is -2.11. The van der Waals surface area contributed by atoms with Crippen molar-refractivity contribution < 1.29 is 17.2 Å². The van der Waals surface area contributed by atoms with E-state index < -0.39 is 32.9 Å². The Morgan fingerprint density at radius 1 is 1.12 bits per heavy atom. The smallest absolute Gasteiger partial charge is 0.234 e. The highest BCUT2D eigenvalue weighted by Crippen LogP contribution is 2.29. The SMILES string of the molecule is CCCS(=O)(=O)Cc1ccc(F)c(Nc2ncnc3cnc(-n4cccc4C)nc23)c1F. The zero-order chi connectivity index (χ0) is 22.9. The Hall–Kier alpha value is -3.47. The molecule has 0 aliphatic carbocycles. The van der Waals surface area contributed by atoms with E-state index in [1.54, 1.807) is 17.7 Å². The van der Waals surface area contributed by atoms with Crippen LogP contribution in [0, 0.1) is 18.6 Å². The number of sulfone groups is 1. The van der Waals surface area contributed by atoms with Gasteiger partial charge in [-0.15, -0.1) is 0 Å². The Bertz CT molecular complexity index is 1400. The number of hydrogen-bond acceptors (Lipinski definition) is 7. The van der Waals surface area contributed by atoms with E-state index in [1.165, 1.54) is 12.5 Å². The van der Waals surface area contributed by atoms with Gasteiger partial charge in [0.1, 0.15) is 28.9 Å².